The molecule has 0 aromatic rings. The van der Waals surface area contributed by atoms with E-state index in [9.17, 15) is 0 Å². The van der Waals surface area contributed by atoms with Gasteiger partial charge in [0.1, 0.15) is 0 Å². The van der Waals surface area contributed by atoms with Crippen LogP contribution in [0, 0.1) is 6.42 Å². The predicted molar refractivity (Wildman–Crippen MR) is 16.2 cm³/mol. The van der Waals surface area contributed by atoms with Crippen molar-refractivity contribution in [2.75, 3.05) is 13.2 Å². The molecule has 0 amide bonds. The molecule has 0 saturated carbocycles. The first-order valence-electron chi connectivity index (χ1n) is 1.56. The molecule has 2 heteroatoms. The SMILES string of the molecule is [CH]1COOC1. The zero-order valence-electron chi connectivity index (χ0n) is 2.81. The van der Waals surface area contributed by atoms with Crippen molar-refractivity contribution < 1.29 is 9.78 Å². The van der Waals surface area contributed by atoms with Gasteiger partial charge < -0.3 is 0 Å². The van der Waals surface area contributed by atoms with Crippen LogP contribution in [0.5, 0.6) is 0 Å². The fraction of sp³-hybridized carbons (Fsp3) is 0.667. The highest BCUT2D eigenvalue weighted by Gasteiger charge is 1.96. The quantitative estimate of drug-likeness (QED) is 0.380. The van der Waals surface area contributed by atoms with E-state index in [0.29, 0.717) is 13.2 Å². The summed E-state index contributed by atoms with van der Waals surface area (Å²) in [7, 11) is 0. The third-order valence-corrected chi connectivity index (χ3v) is 0.455. The first-order chi connectivity index (χ1) is 2.50. The largest absolute Gasteiger partial charge is 0.236 e. The summed E-state index contributed by atoms with van der Waals surface area (Å²) in [4.78, 5) is 8.78. The lowest BCUT2D eigenvalue weighted by molar-refractivity contribution is -0.248. The molecule has 1 rings (SSSR count). The van der Waals surface area contributed by atoms with Gasteiger partial charge in [-0.25, -0.2) is 9.78 Å². The Balaban J connectivity index is 2.08. The van der Waals surface area contributed by atoms with E-state index < -0.39 is 0 Å². The summed E-state index contributed by atoms with van der Waals surface area (Å²) >= 11 is 0. The summed E-state index contributed by atoms with van der Waals surface area (Å²) in [5.74, 6) is 0. The van der Waals surface area contributed by atoms with Gasteiger partial charge in [0.15, 0.2) is 0 Å². The van der Waals surface area contributed by atoms with Gasteiger partial charge in [0, 0.05) is 6.42 Å². The van der Waals surface area contributed by atoms with E-state index in [1.807, 2.05) is 6.42 Å². The summed E-state index contributed by atoms with van der Waals surface area (Å²) in [6.45, 7) is 1.31. The molecule has 0 aliphatic carbocycles. The number of hydrogen-bond donors (Lipinski definition) is 0. The molecule has 29 valence electrons. The maximum Gasteiger partial charge on any atom is 0.0878 e. The van der Waals surface area contributed by atoms with Gasteiger partial charge in [-0.15, -0.1) is 0 Å². The van der Waals surface area contributed by atoms with Gasteiger partial charge in [0.2, 0.25) is 0 Å². The Morgan fingerprint density at radius 2 is 1.80 bits per heavy atom. The topological polar surface area (TPSA) is 18.5 Å². The molecule has 5 heavy (non-hydrogen) atoms. The van der Waals surface area contributed by atoms with Gasteiger partial charge in [-0.1, -0.05) is 0 Å². The number of rotatable bonds is 0. The van der Waals surface area contributed by atoms with Crippen LogP contribution < -0.4 is 0 Å². The molecule has 0 aromatic heterocycles. The Morgan fingerprint density at radius 1 is 1.20 bits per heavy atom. The van der Waals surface area contributed by atoms with Gasteiger partial charge in [-0.05, 0) is 0 Å². The second-order valence-corrected chi connectivity index (χ2v) is 0.858. The van der Waals surface area contributed by atoms with Gasteiger partial charge in [0.25, 0.3) is 0 Å². The Bertz CT molecular complexity index is 16.5. The van der Waals surface area contributed by atoms with Crippen LogP contribution in [0.25, 0.3) is 0 Å². The van der Waals surface area contributed by atoms with Crippen LogP contribution in [-0.2, 0) is 9.78 Å². The summed E-state index contributed by atoms with van der Waals surface area (Å²) in [5.41, 5.74) is 0. The standard InChI is InChI=1S/C3H5O2/c1-2-4-5-3-1/h1H,2-3H2. The van der Waals surface area contributed by atoms with Crippen molar-refractivity contribution in [1.29, 1.82) is 0 Å². The third-order valence-electron chi connectivity index (χ3n) is 0.455. The highest BCUT2D eigenvalue weighted by Crippen LogP contribution is 1.91. The molecule has 1 saturated heterocycles. The summed E-state index contributed by atoms with van der Waals surface area (Å²) in [5, 5.41) is 0. The van der Waals surface area contributed by atoms with E-state index in [-0.39, 0.29) is 0 Å². The molecule has 0 spiro atoms. The monoisotopic (exact) mass is 73.0 g/mol. The van der Waals surface area contributed by atoms with Crippen LogP contribution in [0.2, 0.25) is 0 Å². The minimum absolute atomic E-state index is 0.653. The Labute approximate surface area is 30.6 Å². The highest BCUT2D eigenvalue weighted by atomic mass is 17.2. The van der Waals surface area contributed by atoms with Crippen molar-refractivity contribution in [3.63, 3.8) is 0 Å². The molecule has 0 N–H and O–H groups in total. The lowest BCUT2D eigenvalue weighted by Crippen LogP contribution is -1.72. The summed E-state index contributed by atoms with van der Waals surface area (Å²) in [6, 6.07) is 0. The van der Waals surface area contributed by atoms with Gasteiger partial charge in [0.05, 0.1) is 13.2 Å². The fourth-order valence-corrected chi connectivity index (χ4v) is 0.241. The van der Waals surface area contributed by atoms with E-state index in [0.717, 1.165) is 0 Å². The van der Waals surface area contributed by atoms with Crippen molar-refractivity contribution in [2.45, 2.75) is 0 Å². The predicted octanol–water partition coefficient (Wildman–Crippen LogP) is 0.152. The van der Waals surface area contributed by atoms with Crippen LogP contribution in [0.1, 0.15) is 0 Å². The second kappa shape index (κ2) is 1.38. The molecule has 0 bridgehead atoms. The Morgan fingerprint density at radius 3 is 2.00 bits per heavy atom. The smallest absolute Gasteiger partial charge is 0.0878 e. The second-order valence-electron chi connectivity index (χ2n) is 0.858. The first kappa shape index (κ1) is 3.12. The molecule has 1 aliphatic rings. The van der Waals surface area contributed by atoms with E-state index in [1.54, 1.807) is 0 Å². The molecule has 1 radical (unpaired) electrons. The molecule has 0 atom stereocenters. The Hall–Kier alpha value is -0.0800. The zero-order valence-corrected chi connectivity index (χ0v) is 2.81. The van der Waals surface area contributed by atoms with Crippen LogP contribution >= 0.6 is 0 Å². The molecular formula is C3H5O2. The first-order valence-corrected chi connectivity index (χ1v) is 1.56. The van der Waals surface area contributed by atoms with Crippen LogP contribution in [0.15, 0.2) is 0 Å². The third kappa shape index (κ3) is 0.597. The molecular weight excluding hydrogens is 68.0 g/mol. The van der Waals surface area contributed by atoms with Gasteiger partial charge in [-0.3, -0.25) is 0 Å². The van der Waals surface area contributed by atoms with E-state index in [1.165, 1.54) is 0 Å². The molecule has 1 heterocycles. The maximum atomic E-state index is 4.39. The van der Waals surface area contributed by atoms with Crippen molar-refractivity contribution in [2.24, 2.45) is 0 Å². The molecule has 0 aromatic carbocycles. The van der Waals surface area contributed by atoms with Crippen LogP contribution in [-0.4, -0.2) is 13.2 Å². The van der Waals surface area contributed by atoms with Gasteiger partial charge >= 0.3 is 0 Å². The van der Waals surface area contributed by atoms with Crippen molar-refractivity contribution >= 4 is 0 Å². The average Bonchev–Trinajstić information content (AvgIpc) is 1.76. The normalized spacial score (nSPS) is 24.0. The molecule has 1 fully saturated rings. The van der Waals surface area contributed by atoms with E-state index in [4.69, 9.17) is 0 Å². The summed E-state index contributed by atoms with van der Waals surface area (Å²) in [6.07, 6.45) is 1.92. The lowest BCUT2D eigenvalue weighted by Gasteiger charge is -1.77. The highest BCUT2D eigenvalue weighted by molar-refractivity contribution is 4.61. The molecule has 0 unspecified atom stereocenters. The number of hydrogen-bond acceptors (Lipinski definition) is 2. The molecule has 1 aliphatic heterocycles. The van der Waals surface area contributed by atoms with E-state index >= 15 is 0 Å². The van der Waals surface area contributed by atoms with Crippen LogP contribution in [0.4, 0.5) is 0 Å². The zero-order chi connectivity index (χ0) is 3.54. The lowest BCUT2D eigenvalue weighted by atomic mass is 10.5. The van der Waals surface area contributed by atoms with Gasteiger partial charge in [-0.2, -0.15) is 0 Å². The summed E-state index contributed by atoms with van der Waals surface area (Å²) < 4.78 is 0. The minimum Gasteiger partial charge on any atom is -0.236 e. The maximum absolute atomic E-state index is 4.39. The minimum atomic E-state index is 0.653. The fourth-order valence-electron chi connectivity index (χ4n) is 0.241. The Kier molecular flexibility index (Phi) is 0.862. The average molecular weight is 73.1 g/mol. The van der Waals surface area contributed by atoms with Crippen molar-refractivity contribution in [1.82, 2.24) is 0 Å². The molecule has 2 nitrogen and oxygen atoms in total. The van der Waals surface area contributed by atoms with Crippen molar-refractivity contribution in [3.05, 3.63) is 6.42 Å². The van der Waals surface area contributed by atoms with E-state index in [2.05, 4.69) is 9.78 Å². The van der Waals surface area contributed by atoms with Crippen LogP contribution in [0.3, 0.4) is 0 Å². The van der Waals surface area contributed by atoms with Crippen molar-refractivity contribution in [3.8, 4) is 0 Å².